The van der Waals surface area contributed by atoms with Gasteiger partial charge in [-0.1, -0.05) is 25.5 Å². The third kappa shape index (κ3) is 4.43. The monoisotopic (exact) mass is 382 g/mol. The van der Waals surface area contributed by atoms with E-state index in [1.54, 1.807) is 13.2 Å². The zero-order valence-corrected chi connectivity index (χ0v) is 16.2. The molecule has 0 amide bonds. The first-order valence-electron chi connectivity index (χ1n) is 8.85. The molecule has 140 valence electrons. The van der Waals surface area contributed by atoms with Gasteiger partial charge in [0.25, 0.3) is 5.56 Å². The van der Waals surface area contributed by atoms with Crippen LogP contribution in [-0.4, -0.2) is 21.9 Å². The van der Waals surface area contributed by atoms with Gasteiger partial charge in [0.2, 0.25) is 0 Å². The topological polar surface area (TPSA) is 68.2 Å². The molecule has 0 saturated carbocycles. The molecule has 7 heteroatoms. The van der Waals surface area contributed by atoms with Crippen molar-refractivity contribution < 1.29 is 4.74 Å². The Morgan fingerprint density at radius 2 is 1.93 bits per heavy atom. The zero-order valence-electron chi connectivity index (χ0n) is 15.4. The van der Waals surface area contributed by atoms with Crippen molar-refractivity contribution in [2.24, 2.45) is 0 Å². The molecule has 6 nitrogen and oxygen atoms in total. The number of aromatic nitrogens is 2. The normalized spacial score (nSPS) is 10.6. The number of unbranched alkanes of at least 4 members (excludes halogenated alkanes) is 1. The lowest BCUT2D eigenvalue weighted by Crippen LogP contribution is -2.38. The van der Waals surface area contributed by atoms with E-state index in [4.69, 9.17) is 17.0 Å². The van der Waals surface area contributed by atoms with E-state index in [1.165, 1.54) is 4.68 Å². The number of anilines is 1. The van der Waals surface area contributed by atoms with Gasteiger partial charge in [0.1, 0.15) is 11.6 Å². The number of fused-ring (bicyclic) bond motifs is 1. The summed E-state index contributed by atoms with van der Waals surface area (Å²) in [6.45, 7) is 2.10. The van der Waals surface area contributed by atoms with E-state index in [2.05, 4.69) is 22.7 Å². The van der Waals surface area contributed by atoms with Gasteiger partial charge in [-0.05, 0) is 55.0 Å². The molecule has 0 unspecified atom stereocenters. The Balaban J connectivity index is 1.88. The van der Waals surface area contributed by atoms with Crippen molar-refractivity contribution >= 4 is 33.9 Å². The molecule has 2 aromatic carbocycles. The molecule has 3 aromatic rings. The summed E-state index contributed by atoms with van der Waals surface area (Å²) in [7, 11) is 1.62. The van der Waals surface area contributed by atoms with Gasteiger partial charge in [-0.15, -0.1) is 0 Å². The van der Waals surface area contributed by atoms with Crippen molar-refractivity contribution in [3.63, 3.8) is 0 Å². The summed E-state index contributed by atoms with van der Waals surface area (Å²) < 4.78 is 6.59. The minimum Gasteiger partial charge on any atom is -0.497 e. The summed E-state index contributed by atoms with van der Waals surface area (Å²) in [6, 6.07) is 14.7. The van der Waals surface area contributed by atoms with Crippen molar-refractivity contribution in [1.29, 1.82) is 0 Å². The first-order valence-corrected chi connectivity index (χ1v) is 9.26. The van der Waals surface area contributed by atoms with Gasteiger partial charge < -0.3 is 10.1 Å². The standard InChI is InChI=1S/C20H22N4O2S/c1-3-4-9-18-22-17-8-6-5-7-16(17)19(25)24(18)23-20(27)21-14-10-12-15(26-2)13-11-14/h5-8,10-13H,3-4,9H2,1-2H3,(H2,21,23,27). The number of nitrogens with one attached hydrogen (secondary N) is 2. The highest BCUT2D eigenvalue weighted by Crippen LogP contribution is 2.15. The second-order valence-corrected chi connectivity index (χ2v) is 6.49. The van der Waals surface area contributed by atoms with E-state index >= 15 is 0 Å². The number of nitrogens with zero attached hydrogens (tertiary/aromatic N) is 2. The molecule has 27 heavy (non-hydrogen) atoms. The number of benzene rings is 2. The summed E-state index contributed by atoms with van der Waals surface area (Å²) in [5, 5.41) is 3.95. The number of thiocarbonyl (C=S) groups is 1. The van der Waals surface area contributed by atoms with E-state index < -0.39 is 0 Å². The lowest BCUT2D eigenvalue weighted by Gasteiger charge is -2.17. The molecule has 2 N–H and O–H groups in total. The Hall–Kier alpha value is -2.93. The highest BCUT2D eigenvalue weighted by Gasteiger charge is 2.12. The third-order valence-corrected chi connectivity index (χ3v) is 4.35. The first kappa shape index (κ1) is 18.8. The lowest BCUT2D eigenvalue weighted by molar-refractivity contribution is 0.415. The average Bonchev–Trinajstić information content (AvgIpc) is 2.69. The average molecular weight is 382 g/mol. The van der Waals surface area contributed by atoms with Crippen LogP contribution < -0.4 is 21.0 Å². The lowest BCUT2D eigenvalue weighted by atomic mass is 10.2. The van der Waals surface area contributed by atoms with Crippen molar-refractivity contribution in [1.82, 2.24) is 9.66 Å². The van der Waals surface area contributed by atoms with Crippen LogP contribution in [0.2, 0.25) is 0 Å². The number of ether oxygens (including phenoxy) is 1. The van der Waals surface area contributed by atoms with E-state index in [0.717, 1.165) is 24.3 Å². The van der Waals surface area contributed by atoms with Gasteiger partial charge in [-0.25, -0.2) is 9.66 Å². The van der Waals surface area contributed by atoms with E-state index in [1.807, 2.05) is 42.5 Å². The summed E-state index contributed by atoms with van der Waals surface area (Å²) in [4.78, 5) is 17.6. The highest BCUT2D eigenvalue weighted by molar-refractivity contribution is 7.80. The molecule has 1 aromatic heterocycles. The predicted molar refractivity (Wildman–Crippen MR) is 113 cm³/mol. The van der Waals surface area contributed by atoms with Gasteiger partial charge >= 0.3 is 0 Å². The number of rotatable bonds is 6. The summed E-state index contributed by atoms with van der Waals surface area (Å²) in [5.74, 6) is 1.43. The van der Waals surface area contributed by atoms with Crippen LogP contribution in [0.4, 0.5) is 5.69 Å². The maximum atomic E-state index is 12.9. The van der Waals surface area contributed by atoms with Crippen molar-refractivity contribution in [3.05, 3.63) is 64.7 Å². The molecule has 0 saturated heterocycles. The number of para-hydroxylation sites is 1. The Bertz CT molecular complexity index is 999. The molecule has 0 fully saturated rings. The SMILES string of the molecule is CCCCc1nc2ccccc2c(=O)n1NC(=S)Nc1ccc(OC)cc1. The Morgan fingerprint density at radius 3 is 2.63 bits per heavy atom. The molecule has 0 bridgehead atoms. The molecule has 0 spiro atoms. The number of methoxy groups -OCH3 is 1. The molecule has 0 aliphatic rings. The quantitative estimate of drug-likeness (QED) is 0.634. The second-order valence-electron chi connectivity index (χ2n) is 6.08. The predicted octanol–water partition coefficient (Wildman–Crippen LogP) is 3.69. The Kier molecular flexibility index (Phi) is 6.03. The van der Waals surface area contributed by atoms with E-state index in [-0.39, 0.29) is 5.56 Å². The van der Waals surface area contributed by atoms with Crippen LogP contribution in [0, 0.1) is 0 Å². The Morgan fingerprint density at radius 1 is 1.19 bits per heavy atom. The Labute approximate surface area is 163 Å². The van der Waals surface area contributed by atoms with Crippen LogP contribution in [0.15, 0.2) is 53.3 Å². The van der Waals surface area contributed by atoms with Gasteiger partial charge in [-0.2, -0.15) is 0 Å². The van der Waals surface area contributed by atoms with Crippen molar-refractivity contribution in [2.45, 2.75) is 26.2 Å². The number of hydrogen-bond donors (Lipinski definition) is 2. The smallest absolute Gasteiger partial charge is 0.280 e. The van der Waals surface area contributed by atoms with Crippen molar-refractivity contribution in [3.8, 4) is 5.75 Å². The highest BCUT2D eigenvalue weighted by atomic mass is 32.1. The molecule has 0 radical (unpaired) electrons. The number of aryl methyl sites for hydroxylation is 1. The van der Waals surface area contributed by atoms with Gasteiger partial charge in [0.05, 0.1) is 18.0 Å². The molecular formula is C20H22N4O2S. The third-order valence-electron chi connectivity index (χ3n) is 4.16. The first-order chi connectivity index (χ1) is 13.1. The second kappa shape index (κ2) is 8.64. The van der Waals surface area contributed by atoms with Gasteiger partial charge in [-0.3, -0.25) is 10.2 Å². The van der Waals surface area contributed by atoms with Crippen LogP contribution in [0.5, 0.6) is 5.75 Å². The van der Waals surface area contributed by atoms with Crippen LogP contribution in [0.25, 0.3) is 10.9 Å². The molecule has 3 rings (SSSR count). The molecule has 1 heterocycles. The number of hydrogen-bond acceptors (Lipinski definition) is 4. The molecular weight excluding hydrogens is 360 g/mol. The van der Waals surface area contributed by atoms with E-state index in [0.29, 0.717) is 28.3 Å². The molecule has 0 aliphatic carbocycles. The molecule has 0 atom stereocenters. The largest absolute Gasteiger partial charge is 0.497 e. The maximum absolute atomic E-state index is 12.9. The van der Waals surface area contributed by atoms with Crippen LogP contribution >= 0.6 is 12.2 Å². The fourth-order valence-corrected chi connectivity index (χ4v) is 2.94. The van der Waals surface area contributed by atoms with Crippen LogP contribution in [0.3, 0.4) is 0 Å². The fourth-order valence-electron chi connectivity index (χ4n) is 2.73. The van der Waals surface area contributed by atoms with Gasteiger partial charge in [0.15, 0.2) is 5.11 Å². The maximum Gasteiger partial charge on any atom is 0.280 e. The zero-order chi connectivity index (χ0) is 19.2. The van der Waals surface area contributed by atoms with Crippen molar-refractivity contribution in [2.75, 3.05) is 17.9 Å². The summed E-state index contributed by atoms with van der Waals surface area (Å²) in [5.41, 5.74) is 4.32. The summed E-state index contributed by atoms with van der Waals surface area (Å²) in [6.07, 6.45) is 2.64. The minimum atomic E-state index is -0.161. The van der Waals surface area contributed by atoms with Gasteiger partial charge in [0, 0.05) is 12.1 Å². The van der Waals surface area contributed by atoms with Crippen LogP contribution in [0.1, 0.15) is 25.6 Å². The fraction of sp³-hybridized carbons (Fsp3) is 0.250. The summed E-state index contributed by atoms with van der Waals surface area (Å²) >= 11 is 5.39. The van der Waals surface area contributed by atoms with Crippen LogP contribution in [-0.2, 0) is 6.42 Å². The molecule has 0 aliphatic heterocycles. The van der Waals surface area contributed by atoms with E-state index in [9.17, 15) is 4.79 Å². The minimum absolute atomic E-state index is 0.161.